The summed E-state index contributed by atoms with van der Waals surface area (Å²) >= 11 is 0. The fraction of sp³-hybridized carbons (Fsp3) is 0.250. The number of rotatable bonds is 2. The summed E-state index contributed by atoms with van der Waals surface area (Å²) < 4.78 is 0. The number of hydrogen-bond acceptors (Lipinski definition) is 2. The maximum absolute atomic E-state index is 9.49. The molecule has 0 amide bonds. The van der Waals surface area contributed by atoms with Crippen LogP contribution in [-0.2, 0) is 12.2 Å². The lowest BCUT2D eigenvalue weighted by Gasteiger charge is -2.16. The number of aliphatic hydroxyl groups excluding tert-OH is 1. The van der Waals surface area contributed by atoms with Crippen LogP contribution in [0, 0.1) is 0 Å². The Hall–Kier alpha value is -1.64. The molecule has 0 saturated heterocycles. The number of benzene rings is 2. The highest BCUT2D eigenvalue weighted by atomic mass is 16.3. The van der Waals surface area contributed by atoms with Crippen LogP contribution in [0.25, 0.3) is 0 Å². The average Bonchev–Trinajstić information content (AvgIpc) is 2.40. The largest absolute Gasteiger partial charge is 0.392 e. The summed E-state index contributed by atoms with van der Waals surface area (Å²) in [6.45, 7) is 3.70. The summed E-state index contributed by atoms with van der Waals surface area (Å²) in [5, 5.41) is 18.0. The Labute approximate surface area is 109 Å². The third kappa shape index (κ3) is 5.13. The van der Waals surface area contributed by atoms with Gasteiger partial charge >= 0.3 is 0 Å². The third-order valence-corrected chi connectivity index (χ3v) is 2.51. The molecule has 0 aliphatic carbocycles. The normalized spacial score (nSPS) is 10.4. The minimum Gasteiger partial charge on any atom is -0.392 e. The van der Waals surface area contributed by atoms with Crippen molar-refractivity contribution in [3.8, 4) is 0 Å². The highest BCUT2D eigenvalue weighted by Gasteiger charge is 2.13. The van der Waals surface area contributed by atoms with E-state index < -0.39 is 5.60 Å². The first-order valence-electron chi connectivity index (χ1n) is 5.96. The predicted octanol–water partition coefficient (Wildman–Crippen LogP) is 3.09. The summed E-state index contributed by atoms with van der Waals surface area (Å²) in [4.78, 5) is 0. The van der Waals surface area contributed by atoms with Crippen molar-refractivity contribution in [2.24, 2.45) is 0 Å². The molecule has 0 radical (unpaired) electrons. The van der Waals surface area contributed by atoms with Crippen LogP contribution in [0.3, 0.4) is 0 Å². The van der Waals surface area contributed by atoms with Crippen LogP contribution < -0.4 is 0 Å². The Bertz CT molecular complexity index is 430. The first-order valence-corrected chi connectivity index (χ1v) is 5.96. The monoisotopic (exact) mass is 244 g/mol. The molecular weight excluding hydrogens is 224 g/mol. The van der Waals surface area contributed by atoms with Gasteiger partial charge in [-0.2, -0.15) is 0 Å². The van der Waals surface area contributed by atoms with Gasteiger partial charge in [0.15, 0.2) is 0 Å². The molecule has 2 aromatic rings. The van der Waals surface area contributed by atoms with Gasteiger partial charge in [-0.15, -0.1) is 0 Å². The van der Waals surface area contributed by atoms with E-state index in [-0.39, 0.29) is 6.61 Å². The van der Waals surface area contributed by atoms with E-state index in [2.05, 4.69) is 0 Å². The molecule has 0 atom stereocenters. The summed E-state index contributed by atoms with van der Waals surface area (Å²) in [6, 6.07) is 19.1. The van der Waals surface area contributed by atoms with Gasteiger partial charge in [-0.25, -0.2) is 0 Å². The van der Waals surface area contributed by atoms with Crippen LogP contribution in [0.1, 0.15) is 25.0 Å². The molecule has 96 valence electrons. The van der Waals surface area contributed by atoms with E-state index >= 15 is 0 Å². The Balaban J connectivity index is 0.000000184. The van der Waals surface area contributed by atoms with E-state index in [1.807, 2.05) is 60.7 Å². The lowest BCUT2D eigenvalue weighted by atomic mass is 9.99. The van der Waals surface area contributed by atoms with E-state index in [4.69, 9.17) is 5.11 Å². The first kappa shape index (κ1) is 14.4. The highest BCUT2D eigenvalue weighted by Crippen LogP contribution is 2.17. The maximum Gasteiger partial charge on any atom is 0.0840 e. The van der Waals surface area contributed by atoms with Crippen LogP contribution in [0.5, 0.6) is 0 Å². The first-order chi connectivity index (χ1) is 8.54. The van der Waals surface area contributed by atoms with Gasteiger partial charge in [-0.3, -0.25) is 0 Å². The van der Waals surface area contributed by atoms with Gasteiger partial charge in [0.1, 0.15) is 0 Å². The molecule has 2 N–H and O–H groups in total. The Morgan fingerprint density at radius 2 is 1.28 bits per heavy atom. The second-order valence-corrected chi connectivity index (χ2v) is 4.57. The van der Waals surface area contributed by atoms with E-state index in [0.29, 0.717) is 0 Å². The van der Waals surface area contributed by atoms with Gasteiger partial charge < -0.3 is 10.2 Å². The van der Waals surface area contributed by atoms with Gasteiger partial charge in [-0.05, 0) is 25.0 Å². The minimum atomic E-state index is -0.707. The Morgan fingerprint density at radius 1 is 0.833 bits per heavy atom. The molecular formula is C16H20O2. The Morgan fingerprint density at radius 3 is 1.56 bits per heavy atom. The molecule has 18 heavy (non-hydrogen) atoms. The fourth-order valence-corrected chi connectivity index (χ4v) is 1.43. The molecule has 2 rings (SSSR count). The van der Waals surface area contributed by atoms with Crippen molar-refractivity contribution in [2.45, 2.75) is 26.1 Å². The second-order valence-electron chi connectivity index (χ2n) is 4.57. The summed E-state index contributed by atoms with van der Waals surface area (Å²) in [5.74, 6) is 0. The topological polar surface area (TPSA) is 40.5 Å². The molecule has 0 bridgehead atoms. The lowest BCUT2D eigenvalue weighted by Crippen LogP contribution is -2.14. The third-order valence-electron chi connectivity index (χ3n) is 2.51. The second kappa shape index (κ2) is 6.94. The number of aliphatic hydroxyl groups is 2. The highest BCUT2D eigenvalue weighted by molar-refractivity contribution is 5.20. The molecule has 0 aliphatic rings. The van der Waals surface area contributed by atoms with Crippen LogP contribution >= 0.6 is 0 Å². The zero-order valence-electron chi connectivity index (χ0n) is 10.9. The van der Waals surface area contributed by atoms with Gasteiger partial charge in [0.2, 0.25) is 0 Å². The molecule has 0 aromatic heterocycles. The molecule has 0 fully saturated rings. The lowest BCUT2D eigenvalue weighted by molar-refractivity contribution is 0.0786. The van der Waals surface area contributed by atoms with Crippen LogP contribution in [0.4, 0.5) is 0 Å². The minimum absolute atomic E-state index is 0.140. The molecule has 2 aromatic carbocycles. The van der Waals surface area contributed by atoms with Crippen molar-refractivity contribution in [3.05, 3.63) is 71.8 Å². The van der Waals surface area contributed by atoms with Crippen molar-refractivity contribution in [1.29, 1.82) is 0 Å². The smallest absolute Gasteiger partial charge is 0.0840 e. The molecule has 0 saturated carbocycles. The van der Waals surface area contributed by atoms with E-state index in [0.717, 1.165) is 11.1 Å². The van der Waals surface area contributed by atoms with Crippen LogP contribution in [0.15, 0.2) is 60.7 Å². The summed E-state index contributed by atoms with van der Waals surface area (Å²) in [7, 11) is 0. The van der Waals surface area contributed by atoms with Crippen molar-refractivity contribution >= 4 is 0 Å². The summed E-state index contributed by atoms with van der Waals surface area (Å²) in [5.41, 5.74) is 1.21. The SMILES string of the molecule is CC(C)(O)c1ccccc1.OCc1ccccc1. The molecule has 0 heterocycles. The molecule has 0 unspecified atom stereocenters. The van der Waals surface area contributed by atoms with Gasteiger partial charge in [0.25, 0.3) is 0 Å². The van der Waals surface area contributed by atoms with E-state index in [9.17, 15) is 5.11 Å². The van der Waals surface area contributed by atoms with Crippen LogP contribution in [-0.4, -0.2) is 10.2 Å². The fourth-order valence-electron chi connectivity index (χ4n) is 1.43. The molecule has 0 spiro atoms. The quantitative estimate of drug-likeness (QED) is 0.852. The summed E-state index contributed by atoms with van der Waals surface area (Å²) in [6.07, 6.45) is 0. The van der Waals surface area contributed by atoms with E-state index in [1.54, 1.807) is 13.8 Å². The average molecular weight is 244 g/mol. The maximum atomic E-state index is 9.49. The number of hydrogen-bond donors (Lipinski definition) is 2. The molecule has 2 heteroatoms. The standard InChI is InChI=1S/C9H12O.C7H8O/c1-9(2,10)8-6-4-3-5-7-8;8-6-7-4-2-1-3-5-7/h3-7,10H,1-2H3;1-5,8H,6H2. The van der Waals surface area contributed by atoms with Crippen LogP contribution in [0.2, 0.25) is 0 Å². The zero-order chi connectivity index (χ0) is 13.4. The zero-order valence-corrected chi connectivity index (χ0v) is 10.9. The van der Waals surface area contributed by atoms with Gasteiger partial charge in [0.05, 0.1) is 12.2 Å². The Kier molecular flexibility index (Phi) is 5.56. The van der Waals surface area contributed by atoms with Crippen molar-refractivity contribution < 1.29 is 10.2 Å². The van der Waals surface area contributed by atoms with E-state index in [1.165, 1.54) is 0 Å². The van der Waals surface area contributed by atoms with Crippen molar-refractivity contribution in [3.63, 3.8) is 0 Å². The molecule has 0 aliphatic heterocycles. The van der Waals surface area contributed by atoms with Crippen molar-refractivity contribution in [1.82, 2.24) is 0 Å². The van der Waals surface area contributed by atoms with Gasteiger partial charge in [-0.1, -0.05) is 60.7 Å². The van der Waals surface area contributed by atoms with Crippen molar-refractivity contribution in [2.75, 3.05) is 0 Å². The molecule has 2 nitrogen and oxygen atoms in total. The van der Waals surface area contributed by atoms with Gasteiger partial charge in [0, 0.05) is 0 Å². The predicted molar refractivity (Wildman–Crippen MR) is 74.1 cm³/mol.